The van der Waals surface area contributed by atoms with Gasteiger partial charge in [0.25, 0.3) is 0 Å². The molecule has 0 aliphatic carbocycles. The second-order valence-electron chi connectivity index (χ2n) is 5.13. The lowest BCUT2D eigenvalue weighted by atomic mass is 9.94. The number of halogens is 4. The molecule has 0 fully saturated rings. The van der Waals surface area contributed by atoms with Gasteiger partial charge in [0.05, 0.1) is 5.56 Å². The second kappa shape index (κ2) is 6.86. The number of Topliss-reactive ketones (excluding diaryl/α,β-unsaturated/α-hetero) is 1. The van der Waals surface area contributed by atoms with Crippen LogP contribution < -0.4 is 0 Å². The van der Waals surface area contributed by atoms with Gasteiger partial charge in [-0.15, -0.1) is 0 Å². The summed E-state index contributed by atoms with van der Waals surface area (Å²) >= 11 is 0. The molecule has 0 radical (unpaired) electrons. The van der Waals surface area contributed by atoms with E-state index in [1.807, 2.05) is 6.92 Å². The first kappa shape index (κ1) is 16.7. The summed E-state index contributed by atoms with van der Waals surface area (Å²) in [5.74, 6) is -7.21. The van der Waals surface area contributed by atoms with Gasteiger partial charge in [0.1, 0.15) is 0 Å². The van der Waals surface area contributed by atoms with Gasteiger partial charge in [-0.25, -0.2) is 17.6 Å². The Labute approximate surface area is 116 Å². The van der Waals surface area contributed by atoms with Gasteiger partial charge in [-0.2, -0.15) is 0 Å². The number of rotatable bonds is 6. The zero-order valence-electron chi connectivity index (χ0n) is 11.8. The largest absolute Gasteiger partial charge is 0.294 e. The minimum atomic E-state index is -1.60. The second-order valence-corrected chi connectivity index (χ2v) is 5.13. The average molecular weight is 290 g/mol. The van der Waals surface area contributed by atoms with Crippen LogP contribution in [0.25, 0.3) is 0 Å². The third-order valence-corrected chi connectivity index (χ3v) is 3.35. The molecule has 5 heteroatoms. The van der Waals surface area contributed by atoms with Crippen LogP contribution in [0.4, 0.5) is 17.6 Å². The van der Waals surface area contributed by atoms with Crippen molar-refractivity contribution >= 4 is 5.78 Å². The molecule has 0 saturated carbocycles. The lowest BCUT2D eigenvalue weighted by molar-refractivity contribution is 0.0951. The molecule has 0 aromatic heterocycles. The number of carbonyl (C=O) groups is 1. The molecule has 1 aromatic carbocycles. The van der Waals surface area contributed by atoms with Crippen molar-refractivity contribution in [2.45, 2.75) is 46.5 Å². The standard InChI is InChI=1S/C15H18F4O/c1-4-5-6-8(2)7-10(20)11-14(18)12(16)9(3)13(17)15(11)19/h8H,4-7H2,1-3H3. The van der Waals surface area contributed by atoms with Crippen molar-refractivity contribution in [2.24, 2.45) is 5.92 Å². The third-order valence-electron chi connectivity index (χ3n) is 3.35. The van der Waals surface area contributed by atoms with Crippen LogP contribution in [0.5, 0.6) is 0 Å². The monoisotopic (exact) mass is 290 g/mol. The molecule has 0 bridgehead atoms. The van der Waals surface area contributed by atoms with Crippen molar-refractivity contribution in [1.82, 2.24) is 0 Å². The van der Waals surface area contributed by atoms with Crippen LogP contribution in [-0.4, -0.2) is 5.78 Å². The molecule has 1 rings (SSSR count). The number of carbonyl (C=O) groups excluding carboxylic acids is 1. The van der Waals surface area contributed by atoms with Crippen molar-refractivity contribution in [2.75, 3.05) is 0 Å². The fraction of sp³-hybridized carbons (Fsp3) is 0.533. The predicted molar refractivity (Wildman–Crippen MR) is 68.6 cm³/mol. The van der Waals surface area contributed by atoms with Crippen LogP contribution >= 0.6 is 0 Å². The molecule has 1 unspecified atom stereocenters. The molecule has 1 nitrogen and oxygen atoms in total. The van der Waals surface area contributed by atoms with E-state index in [0.29, 0.717) is 0 Å². The number of hydrogen-bond donors (Lipinski definition) is 0. The maximum absolute atomic E-state index is 13.7. The van der Waals surface area contributed by atoms with Crippen LogP contribution in [0.3, 0.4) is 0 Å². The molecule has 1 aromatic rings. The van der Waals surface area contributed by atoms with E-state index in [1.165, 1.54) is 0 Å². The Morgan fingerprint density at radius 1 is 1.05 bits per heavy atom. The number of hydrogen-bond acceptors (Lipinski definition) is 1. The van der Waals surface area contributed by atoms with Gasteiger partial charge < -0.3 is 0 Å². The lowest BCUT2D eigenvalue weighted by Crippen LogP contribution is -2.14. The molecular formula is C15H18F4O. The molecule has 20 heavy (non-hydrogen) atoms. The highest BCUT2D eigenvalue weighted by atomic mass is 19.2. The summed E-state index contributed by atoms with van der Waals surface area (Å²) < 4.78 is 54.1. The van der Waals surface area contributed by atoms with Gasteiger partial charge in [-0.3, -0.25) is 4.79 Å². The summed E-state index contributed by atoms with van der Waals surface area (Å²) in [5, 5.41) is 0. The van der Waals surface area contributed by atoms with Gasteiger partial charge in [-0.1, -0.05) is 33.1 Å². The van der Waals surface area contributed by atoms with E-state index in [4.69, 9.17) is 0 Å². The van der Waals surface area contributed by atoms with Gasteiger partial charge >= 0.3 is 0 Å². The Balaban J connectivity index is 3.05. The first-order valence-corrected chi connectivity index (χ1v) is 6.66. The fourth-order valence-corrected chi connectivity index (χ4v) is 2.06. The van der Waals surface area contributed by atoms with Crippen LogP contribution in [0.2, 0.25) is 0 Å². The summed E-state index contributed by atoms with van der Waals surface area (Å²) in [7, 11) is 0. The van der Waals surface area contributed by atoms with Crippen LogP contribution in [-0.2, 0) is 0 Å². The number of ketones is 1. The van der Waals surface area contributed by atoms with Crippen LogP contribution in [0, 0.1) is 36.1 Å². The highest BCUT2D eigenvalue weighted by molar-refractivity contribution is 5.96. The molecule has 0 aliphatic heterocycles. The molecular weight excluding hydrogens is 272 g/mol. The zero-order chi connectivity index (χ0) is 15.4. The molecule has 0 N–H and O–H groups in total. The van der Waals surface area contributed by atoms with E-state index in [0.717, 1.165) is 26.2 Å². The third kappa shape index (κ3) is 3.38. The molecule has 1 atom stereocenters. The molecule has 0 saturated heterocycles. The van der Waals surface area contributed by atoms with Crippen LogP contribution in [0.15, 0.2) is 0 Å². The smallest absolute Gasteiger partial charge is 0.173 e. The molecule has 0 aliphatic rings. The molecule has 0 amide bonds. The Hall–Kier alpha value is -1.39. The van der Waals surface area contributed by atoms with Crippen molar-refractivity contribution in [3.05, 3.63) is 34.4 Å². The van der Waals surface area contributed by atoms with Crippen molar-refractivity contribution < 1.29 is 22.4 Å². The van der Waals surface area contributed by atoms with Crippen molar-refractivity contribution in [1.29, 1.82) is 0 Å². The SMILES string of the molecule is CCCCC(C)CC(=O)c1c(F)c(F)c(C)c(F)c1F. The Morgan fingerprint density at radius 2 is 1.55 bits per heavy atom. The topological polar surface area (TPSA) is 17.1 Å². The van der Waals surface area contributed by atoms with Crippen molar-refractivity contribution in [3.8, 4) is 0 Å². The first-order chi connectivity index (χ1) is 9.31. The number of benzene rings is 1. The predicted octanol–water partition coefficient (Wildman–Crippen LogP) is 4.95. The highest BCUT2D eigenvalue weighted by Gasteiger charge is 2.27. The molecule has 0 heterocycles. The zero-order valence-corrected chi connectivity index (χ0v) is 11.8. The summed E-state index contributed by atoms with van der Waals surface area (Å²) in [5.41, 5.74) is -1.86. The van der Waals surface area contributed by atoms with E-state index >= 15 is 0 Å². The summed E-state index contributed by atoms with van der Waals surface area (Å²) in [6.07, 6.45) is 2.42. The normalized spacial score (nSPS) is 12.6. The molecule has 112 valence electrons. The van der Waals surface area contributed by atoms with Gasteiger partial charge in [-0.05, 0) is 12.8 Å². The Morgan fingerprint density at radius 3 is 2.00 bits per heavy atom. The average Bonchev–Trinajstić information content (AvgIpc) is 2.40. The Kier molecular flexibility index (Phi) is 5.72. The van der Waals surface area contributed by atoms with Crippen molar-refractivity contribution in [3.63, 3.8) is 0 Å². The maximum Gasteiger partial charge on any atom is 0.173 e. The minimum absolute atomic E-state index is 0.0892. The van der Waals surface area contributed by atoms with E-state index < -0.39 is 40.2 Å². The highest BCUT2D eigenvalue weighted by Crippen LogP contribution is 2.26. The van der Waals surface area contributed by atoms with E-state index in [-0.39, 0.29) is 12.3 Å². The molecule has 0 spiro atoms. The first-order valence-electron chi connectivity index (χ1n) is 6.66. The van der Waals surface area contributed by atoms with Crippen LogP contribution in [0.1, 0.15) is 55.5 Å². The van der Waals surface area contributed by atoms with Gasteiger partial charge in [0.15, 0.2) is 29.1 Å². The quantitative estimate of drug-likeness (QED) is 0.411. The summed E-state index contributed by atoms with van der Waals surface area (Å²) in [6.45, 7) is 4.68. The van der Waals surface area contributed by atoms with E-state index in [1.54, 1.807) is 6.92 Å². The summed E-state index contributed by atoms with van der Waals surface area (Å²) in [6, 6.07) is 0. The maximum atomic E-state index is 13.7. The van der Waals surface area contributed by atoms with E-state index in [2.05, 4.69) is 0 Å². The fourth-order valence-electron chi connectivity index (χ4n) is 2.06. The van der Waals surface area contributed by atoms with Gasteiger partial charge in [0, 0.05) is 12.0 Å². The lowest BCUT2D eigenvalue weighted by Gasteiger charge is -2.12. The summed E-state index contributed by atoms with van der Waals surface area (Å²) in [4.78, 5) is 11.9. The minimum Gasteiger partial charge on any atom is -0.294 e. The van der Waals surface area contributed by atoms with E-state index in [9.17, 15) is 22.4 Å². The van der Waals surface area contributed by atoms with Gasteiger partial charge in [0.2, 0.25) is 0 Å². The Bertz CT molecular complexity index is 482. The number of unbranched alkanes of at least 4 members (excludes halogenated alkanes) is 1.